The van der Waals surface area contributed by atoms with Gasteiger partial charge >= 0.3 is 12.0 Å². The number of esters is 1. The summed E-state index contributed by atoms with van der Waals surface area (Å²) < 4.78 is 15.7. The molecule has 0 heterocycles. The molecule has 0 radical (unpaired) electrons. The van der Waals surface area contributed by atoms with Crippen LogP contribution in [0.15, 0.2) is 24.3 Å². The third-order valence-corrected chi connectivity index (χ3v) is 4.75. The molecule has 0 saturated heterocycles. The Bertz CT molecular complexity index is 676. The molecule has 1 fully saturated rings. The van der Waals surface area contributed by atoms with E-state index < -0.39 is 24.5 Å². The summed E-state index contributed by atoms with van der Waals surface area (Å²) in [6.07, 6.45) is 4.20. The van der Waals surface area contributed by atoms with Gasteiger partial charge in [-0.25, -0.2) is 4.79 Å². The standard InChI is InChI=1S/C21H30N2O6/c1-3-27-16-8-10-17(11-9-16)28-13-12-20(25)29-14-19(24)23-21(26)22-18-7-5-4-6-15(18)2/h8-11,15,18H,3-7,12-14H2,1-2H3,(H2,22,23,24,26). The highest BCUT2D eigenvalue weighted by Gasteiger charge is 2.23. The molecule has 160 valence electrons. The second kappa shape index (κ2) is 11.9. The average molecular weight is 406 g/mol. The highest BCUT2D eigenvalue weighted by Crippen LogP contribution is 2.23. The smallest absolute Gasteiger partial charge is 0.321 e. The van der Waals surface area contributed by atoms with Crippen molar-refractivity contribution in [1.82, 2.24) is 10.6 Å². The van der Waals surface area contributed by atoms with Crippen LogP contribution in [-0.2, 0) is 14.3 Å². The Morgan fingerprint density at radius 1 is 1.03 bits per heavy atom. The van der Waals surface area contributed by atoms with E-state index in [1.54, 1.807) is 24.3 Å². The van der Waals surface area contributed by atoms with Crippen molar-refractivity contribution in [2.75, 3.05) is 19.8 Å². The molecule has 8 nitrogen and oxygen atoms in total. The third kappa shape index (κ3) is 8.41. The number of imide groups is 1. The number of urea groups is 1. The maximum Gasteiger partial charge on any atom is 0.321 e. The van der Waals surface area contributed by atoms with Crippen molar-refractivity contribution in [3.8, 4) is 11.5 Å². The van der Waals surface area contributed by atoms with Crippen LogP contribution >= 0.6 is 0 Å². The third-order valence-electron chi connectivity index (χ3n) is 4.75. The molecule has 0 spiro atoms. The number of hydrogen-bond donors (Lipinski definition) is 2. The van der Waals surface area contributed by atoms with Crippen LogP contribution in [0.5, 0.6) is 11.5 Å². The van der Waals surface area contributed by atoms with Crippen LogP contribution in [0.2, 0.25) is 0 Å². The van der Waals surface area contributed by atoms with Gasteiger partial charge < -0.3 is 19.5 Å². The lowest BCUT2D eigenvalue weighted by Gasteiger charge is -2.29. The molecule has 0 aromatic heterocycles. The molecule has 3 amide bonds. The quantitative estimate of drug-likeness (QED) is 0.611. The minimum atomic E-state index is -0.660. The molecule has 2 unspecified atom stereocenters. The van der Waals surface area contributed by atoms with Gasteiger partial charge in [-0.3, -0.25) is 14.9 Å². The van der Waals surface area contributed by atoms with Gasteiger partial charge in [0.05, 0.1) is 19.6 Å². The van der Waals surface area contributed by atoms with Crippen LogP contribution in [0.25, 0.3) is 0 Å². The number of amides is 3. The zero-order valence-electron chi connectivity index (χ0n) is 17.1. The first-order chi connectivity index (χ1) is 14.0. The van der Waals surface area contributed by atoms with E-state index in [1.807, 2.05) is 6.92 Å². The highest BCUT2D eigenvalue weighted by molar-refractivity contribution is 5.95. The molecular formula is C21H30N2O6. The van der Waals surface area contributed by atoms with E-state index in [9.17, 15) is 14.4 Å². The molecule has 1 aromatic rings. The molecule has 0 bridgehead atoms. The van der Waals surface area contributed by atoms with Crippen molar-refractivity contribution < 1.29 is 28.6 Å². The summed E-state index contributed by atoms with van der Waals surface area (Å²) in [5.41, 5.74) is 0. The Balaban J connectivity index is 1.59. The summed E-state index contributed by atoms with van der Waals surface area (Å²) in [6, 6.07) is 6.56. The second-order valence-corrected chi connectivity index (χ2v) is 7.05. The van der Waals surface area contributed by atoms with E-state index in [0.29, 0.717) is 18.3 Å². The van der Waals surface area contributed by atoms with E-state index in [0.717, 1.165) is 31.4 Å². The molecule has 1 saturated carbocycles. The fourth-order valence-corrected chi connectivity index (χ4v) is 3.17. The van der Waals surface area contributed by atoms with Crippen molar-refractivity contribution in [2.45, 2.75) is 52.0 Å². The summed E-state index contributed by atoms with van der Waals surface area (Å²) in [5.74, 6) is 0.497. The Hall–Kier alpha value is -2.77. The largest absolute Gasteiger partial charge is 0.494 e. The van der Waals surface area contributed by atoms with Crippen molar-refractivity contribution in [3.63, 3.8) is 0 Å². The van der Waals surface area contributed by atoms with Gasteiger partial charge in [-0.2, -0.15) is 0 Å². The molecule has 29 heavy (non-hydrogen) atoms. The molecule has 2 rings (SSSR count). The fourth-order valence-electron chi connectivity index (χ4n) is 3.17. The van der Waals surface area contributed by atoms with E-state index in [-0.39, 0.29) is 19.1 Å². The number of rotatable bonds is 9. The Morgan fingerprint density at radius 3 is 2.34 bits per heavy atom. The fraction of sp³-hybridized carbons (Fsp3) is 0.571. The molecule has 1 aliphatic carbocycles. The topological polar surface area (TPSA) is 103 Å². The normalized spacial score (nSPS) is 18.4. The van der Waals surface area contributed by atoms with Gasteiger partial charge in [-0.05, 0) is 49.9 Å². The number of carbonyl (C=O) groups excluding carboxylic acids is 3. The summed E-state index contributed by atoms with van der Waals surface area (Å²) in [4.78, 5) is 35.4. The number of carbonyl (C=O) groups is 3. The van der Waals surface area contributed by atoms with Crippen LogP contribution in [0.1, 0.15) is 46.0 Å². The van der Waals surface area contributed by atoms with Crippen LogP contribution < -0.4 is 20.1 Å². The van der Waals surface area contributed by atoms with Crippen molar-refractivity contribution in [3.05, 3.63) is 24.3 Å². The predicted octanol–water partition coefficient (Wildman–Crippen LogP) is 2.80. The molecule has 1 aliphatic rings. The molecule has 2 atom stereocenters. The number of benzene rings is 1. The SMILES string of the molecule is CCOc1ccc(OCCC(=O)OCC(=O)NC(=O)NC2CCCCC2C)cc1. The van der Waals surface area contributed by atoms with Crippen molar-refractivity contribution in [2.24, 2.45) is 5.92 Å². The van der Waals surface area contributed by atoms with E-state index in [4.69, 9.17) is 14.2 Å². The second-order valence-electron chi connectivity index (χ2n) is 7.05. The maximum atomic E-state index is 11.9. The van der Waals surface area contributed by atoms with Gasteiger partial charge in [0.25, 0.3) is 5.91 Å². The first-order valence-corrected chi connectivity index (χ1v) is 10.1. The van der Waals surface area contributed by atoms with E-state index >= 15 is 0 Å². The van der Waals surface area contributed by atoms with E-state index in [1.165, 1.54) is 0 Å². The van der Waals surface area contributed by atoms with Crippen LogP contribution in [-0.4, -0.2) is 43.8 Å². The van der Waals surface area contributed by atoms with Gasteiger partial charge in [0.1, 0.15) is 11.5 Å². The minimum absolute atomic E-state index is 0.00766. The summed E-state index contributed by atoms with van der Waals surface area (Å²) in [5, 5.41) is 5.00. The first kappa shape index (κ1) is 22.5. The summed E-state index contributed by atoms with van der Waals surface area (Å²) in [7, 11) is 0. The van der Waals surface area contributed by atoms with Gasteiger partial charge in [-0.1, -0.05) is 19.8 Å². The monoisotopic (exact) mass is 406 g/mol. The van der Waals surface area contributed by atoms with Gasteiger partial charge in [0.2, 0.25) is 0 Å². The molecular weight excluding hydrogens is 376 g/mol. The van der Waals surface area contributed by atoms with Gasteiger partial charge in [0.15, 0.2) is 6.61 Å². The Labute approximate surface area is 171 Å². The summed E-state index contributed by atoms with van der Waals surface area (Å²) in [6.45, 7) is 4.19. The van der Waals surface area contributed by atoms with E-state index in [2.05, 4.69) is 17.6 Å². The number of ether oxygens (including phenoxy) is 3. The zero-order chi connectivity index (χ0) is 21.1. The lowest BCUT2D eigenvalue weighted by atomic mass is 9.86. The van der Waals surface area contributed by atoms with Crippen molar-refractivity contribution >= 4 is 17.9 Å². The first-order valence-electron chi connectivity index (χ1n) is 10.1. The van der Waals surface area contributed by atoms with Gasteiger partial charge in [0, 0.05) is 6.04 Å². The van der Waals surface area contributed by atoms with Crippen LogP contribution in [0.3, 0.4) is 0 Å². The van der Waals surface area contributed by atoms with Crippen LogP contribution in [0.4, 0.5) is 4.79 Å². The number of hydrogen-bond acceptors (Lipinski definition) is 6. The Morgan fingerprint density at radius 2 is 1.69 bits per heavy atom. The number of nitrogens with one attached hydrogen (secondary N) is 2. The Kier molecular flexibility index (Phi) is 9.27. The van der Waals surface area contributed by atoms with Crippen molar-refractivity contribution in [1.29, 1.82) is 0 Å². The molecule has 8 heteroatoms. The molecule has 1 aromatic carbocycles. The molecule has 0 aliphatic heterocycles. The maximum absolute atomic E-state index is 11.9. The minimum Gasteiger partial charge on any atom is -0.494 e. The summed E-state index contributed by atoms with van der Waals surface area (Å²) >= 11 is 0. The van der Waals surface area contributed by atoms with Crippen LogP contribution in [0, 0.1) is 5.92 Å². The zero-order valence-corrected chi connectivity index (χ0v) is 17.1. The van der Waals surface area contributed by atoms with Gasteiger partial charge in [-0.15, -0.1) is 0 Å². The lowest BCUT2D eigenvalue weighted by molar-refractivity contribution is -0.148. The average Bonchev–Trinajstić information content (AvgIpc) is 2.70. The lowest BCUT2D eigenvalue weighted by Crippen LogP contribution is -2.48. The molecule has 2 N–H and O–H groups in total. The predicted molar refractivity (Wildman–Crippen MR) is 107 cm³/mol. The highest BCUT2D eigenvalue weighted by atomic mass is 16.5.